The van der Waals surface area contributed by atoms with Crippen molar-refractivity contribution in [3.8, 4) is 0 Å². The van der Waals surface area contributed by atoms with E-state index in [1.165, 1.54) is 44.9 Å². The van der Waals surface area contributed by atoms with E-state index in [1.54, 1.807) is 0 Å². The molecule has 3 unspecified atom stereocenters. The SMILES string of the molecule is CCCCC(CC)NC(CC)C1CCCO1. The normalized spacial score (nSPS) is 24.6. The summed E-state index contributed by atoms with van der Waals surface area (Å²) in [6, 6.07) is 1.26. The lowest BCUT2D eigenvalue weighted by atomic mass is 10.0. The van der Waals surface area contributed by atoms with Crippen LogP contribution in [0.25, 0.3) is 0 Å². The molecule has 0 aromatic rings. The number of hydrogen-bond donors (Lipinski definition) is 1. The van der Waals surface area contributed by atoms with E-state index in [4.69, 9.17) is 4.74 Å². The summed E-state index contributed by atoms with van der Waals surface area (Å²) >= 11 is 0. The first-order valence-electron chi connectivity index (χ1n) is 7.19. The minimum Gasteiger partial charge on any atom is -0.377 e. The number of nitrogens with one attached hydrogen (secondary N) is 1. The number of rotatable bonds is 8. The minimum atomic E-state index is 0.473. The molecule has 0 aliphatic carbocycles. The molecule has 2 nitrogen and oxygen atoms in total. The first kappa shape index (κ1) is 14.0. The van der Waals surface area contributed by atoms with E-state index >= 15 is 0 Å². The molecule has 1 rings (SSSR count). The van der Waals surface area contributed by atoms with Gasteiger partial charge in [-0.15, -0.1) is 0 Å². The molecule has 1 aliphatic rings. The minimum absolute atomic E-state index is 0.473. The van der Waals surface area contributed by atoms with Gasteiger partial charge in [0.15, 0.2) is 0 Å². The highest BCUT2D eigenvalue weighted by Crippen LogP contribution is 2.19. The van der Waals surface area contributed by atoms with Crippen LogP contribution in [0.2, 0.25) is 0 Å². The van der Waals surface area contributed by atoms with Crippen LogP contribution in [0, 0.1) is 0 Å². The van der Waals surface area contributed by atoms with Crippen LogP contribution in [0.3, 0.4) is 0 Å². The molecule has 3 atom stereocenters. The van der Waals surface area contributed by atoms with Crippen LogP contribution in [0.5, 0.6) is 0 Å². The summed E-state index contributed by atoms with van der Waals surface area (Å²) in [6.07, 6.45) is 9.35. The van der Waals surface area contributed by atoms with E-state index in [-0.39, 0.29) is 0 Å². The van der Waals surface area contributed by atoms with Crippen molar-refractivity contribution in [3.63, 3.8) is 0 Å². The molecule has 0 saturated carbocycles. The van der Waals surface area contributed by atoms with Gasteiger partial charge in [-0.05, 0) is 32.1 Å². The van der Waals surface area contributed by atoms with Crippen molar-refractivity contribution in [2.24, 2.45) is 0 Å². The molecule has 2 heteroatoms. The molecule has 0 aromatic carbocycles. The van der Waals surface area contributed by atoms with Gasteiger partial charge in [0.05, 0.1) is 6.10 Å². The lowest BCUT2D eigenvalue weighted by Gasteiger charge is -2.28. The van der Waals surface area contributed by atoms with Gasteiger partial charge >= 0.3 is 0 Å². The van der Waals surface area contributed by atoms with Gasteiger partial charge in [0.25, 0.3) is 0 Å². The second-order valence-electron chi connectivity index (χ2n) is 4.98. The zero-order valence-corrected chi connectivity index (χ0v) is 11.3. The quantitative estimate of drug-likeness (QED) is 0.685. The Labute approximate surface area is 101 Å². The Kier molecular flexibility index (Phi) is 7.06. The van der Waals surface area contributed by atoms with Crippen LogP contribution in [-0.2, 0) is 4.74 Å². The van der Waals surface area contributed by atoms with E-state index in [0.717, 1.165) is 6.61 Å². The second kappa shape index (κ2) is 8.08. The van der Waals surface area contributed by atoms with Crippen molar-refractivity contribution in [1.82, 2.24) is 5.32 Å². The van der Waals surface area contributed by atoms with Crippen molar-refractivity contribution in [2.45, 2.75) is 83.9 Å². The highest BCUT2D eigenvalue weighted by atomic mass is 16.5. The van der Waals surface area contributed by atoms with Crippen LogP contribution in [0.4, 0.5) is 0 Å². The largest absolute Gasteiger partial charge is 0.377 e. The summed E-state index contributed by atoms with van der Waals surface area (Å²) in [6.45, 7) is 7.79. The van der Waals surface area contributed by atoms with Crippen LogP contribution in [-0.4, -0.2) is 24.8 Å². The summed E-state index contributed by atoms with van der Waals surface area (Å²) in [5, 5.41) is 3.81. The maximum Gasteiger partial charge on any atom is 0.0728 e. The fourth-order valence-corrected chi connectivity index (χ4v) is 2.57. The monoisotopic (exact) mass is 227 g/mol. The average molecular weight is 227 g/mol. The van der Waals surface area contributed by atoms with E-state index in [9.17, 15) is 0 Å². The molecule has 1 fully saturated rings. The Hall–Kier alpha value is -0.0800. The van der Waals surface area contributed by atoms with Crippen LogP contribution >= 0.6 is 0 Å². The maximum atomic E-state index is 5.79. The third-order valence-electron chi connectivity index (χ3n) is 3.70. The molecule has 16 heavy (non-hydrogen) atoms. The molecule has 0 bridgehead atoms. The van der Waals surface area contributed by atoms with Gasteiger partial charge in [0.1, 0.15) is 0 Å². The third kappa shape index (κ3) is 4.42. The fraction of sp³-hybridized carbons (Fsp3) is 1.00. The third-order valence-corrected chi connectivity index (χ3v) is 3.70. The number of ether oxygens (including phenoxy) is 1. The second-order valence-corrected chi connectivity index (χ2v) is 4.98. The number of unbranched alkanes of at least 4 members (excludes halogenated alkanes) is 1. The van der Waals surface area contributed by atoms with Crippen LogP contribution in [0.1, 0.15) is 65.7 Å². The van der Waals surface area contributed by atoms with Gasteiger partial charge in [-0.25, -0.2) is 0 Å². The molecule has 1 saturated heterocycles. The Balaban J connectivity index is 2.33. The number of hydrogen-bond acceptors (Lipinski definition) is 2. The van der Waals surface area contributed by atoms with Gasteiger partial charge in [-0.1, -0.05) is 33.6 Å². The summed E-state index contributed by atoms with van der Waals surface area (Å²) in [7, 11) is 0. The summed E-state index contributed by atoms with van der Waals surface area (Å²) < 4.78 is 5.79. The molecule has 0 radical (unpaired) electrons. The molecular formula is C14H29NO. The summed E-state index contributed by atoms with van der Waals surface area (Å²) in [5.74, 6) is 0. The molecule has 0 aromatic heterocycles. The Morgan fingerprint density at radius 3 is 2.56 bits per heavy atom. The van der Waals surface area contributed by atoms with Gasteiger partial charge in [0, 0.05) is 18.7 Å². The smallest absolute Gasteiger partial charge is 0.0728 e. The predicted molar refractivity (Wildman–Crippen MR) is 69.8 cm³/mol. The van der Waals surface area contributed by atoms with Crippen molar-refractivity contribution < 1.29 is 4.74 Å². The lowest BCUT2D eigenvalue weighted by molar-refractivity contribution is 0.0719. The van der Waals surface area contributed by atoms with Crippen molar-refractivity contribution in [2.75, 3.05) is 6.61 Å². The van der Waals surface area contributed by atoms with Gasteiger partial charge < -0.3 is 10.1 Å². The Morgan fingerprint density at radius 1 is 1.25 bits per heavy atom. The molecule has 0 spiro atoms. The van der Waals surface area contributed by atoms with E-state index < -0.39 is 0 Å². The molecule has 1 aliphatic heterocycles. The maximum absolute atomic E-state index is 5.79. The Bertz CT molecular complexity index is 166. The van der Waals surface area contributed by atoms with E-state index in [0.29, 0.717) is 18.2 Å². The molecule has 1 heterocycles. The van der Waals surface area contributed by atoms with Gasteiger partial charge in [0.2, 0.25) is 0 Å². The average Bonchev–Trinajstić information content (AvgIpc) is 2.83. The molecule has 0 amide bonds. The van der Waals surface area contributed by atoms with Crippen molar-refractivity contribution in [3.05, 3.63) is 0 Å². The standard InChI is InChI=1S/C14H29NO/c1-4-7-9-12(5-2)15-13(6-3)14-10-8-11-16-14/h12-15H,4-11H2,1-3H3. The molecule has 1 N–H and O–H groups in total. The molecular weight excluding hydrogens is 198 g/mol. The zero-order chi connectivity index (χ0) is 11.8. The first-order valence-corrected chi connectivity index (χ1v) is 7.19. The summed E-state index contributed by atoms with van der Waals surface area (Å²) in [5.41, 5.74) is 0. The topological polar surface area (TPSA) is 21.3 Å². The predicted octanol–water partition coefficient (Wildman–Crippen LogP) is 3.50. The highest BCUT2D eigenvalue weighted by molar-refractivity contribution is 4.82. The molecule has 96 valence electrons. The van der Waals surface area contributed by atoms with Gasteiger partial charge in [-0.2, -0.15) is 0 Å². The zero-order valence-electron chi connectivity index (χ0n) is 11.3. The van der Waals surface area contributed by atoms with E-state index in [1.807, 2.05) is 0 Å². The van der Waals surface area contributed by atoms with Crippen molar-refractivity contribution in [1.29, 1.82) is 0 Å². The van der Waals surface area contributed by atoms with Crippen LogP contribution in [0.15, 0.2) is 0 Å². The first-order chi connectivity index (χ1) is 7.81. The van der Waals surface area contributed by atoms with Crippen LogP contribution < -0.4 is 5.32 Å². The van der Waals surface area contributed by atoms with E-state index in [2.05, 4.69) is 26.1 Å². The Morgan fingerprint density at radius 2 is 2.06 bits per heavy atom. The highest BCUT2D eigenvalue weighted by Gasteiger charge is 2.25. The summed E-state index contributed by atoms with van der Waals surface area (Å²) in [4.78, 5) is 0. The van der Waals surface area contributed by atoms with Crippen molar-refractivity contribution >= 4 is 0 Å². The van der Waals surface area contributed by atoms with Gasteiger partial charge in [-0.3, -0.25) is 0 Å². The lowest BCUT2D eigenvalue weighted by Crippen LogP contribution is -2.44. The fourth-order valence-electron chi connectivity index (χ4n) is 2.57.